The second kappa shape index (κ2) is 8.24. The minimum Gasteiger partial charge on any atom is -0.356 e. The lowest BCUT2D eigenvalue weighted by Crippen LogP contribution is -2.42. The van der Waals surface area contributed by atoms with Crippen molar-refractivity contribution in [2.75, 3.05) is 32.1 Å². The van der Waals surface area contributed by atoms with Crippen LogP contribution in [0.25, 0.3) is 22.3 Å². The number of likely N-dealkylation sites (tertiary alicyclic amines) is 1. The molecular formula is C22H27ClN4. The van der Waals surface area contributed by atoms with E-state index in [2.05, 4.69) is 79.3 Å². The van der Waals surface area contributed by atoms with Crippen molar-refractivity contribution in [3.63, 3.8) is 0 Å². The standard InChI is InChI=1S/C22H26N4.ClH/c1-16-7-6-8-17(15-16)21-23-20-10-5-4-9-19(20)22(24-21)26(3)18-11-13-25(2)14-12-18;/h4-10,15,18H,11-14H2,1-3H3;1H. The van der Waals surface area contributed by atoms with Crippen LogP contribution in [0.15, 0.2) is 48.5 Å². The SMILES string of the molecule is Cc1cccc(-c2nc(N(C)C3CCN(C)CC3)c3ccccc3n2)c1.Cl. The molecule has 2 aromatic carbocycles. The summed E-state index contributed by atoms with van der Waals surface area (Å²) in [6, 6.07) is 17.3. The van der Waals surface area contributed by atoms with Gasteiger partial charge in [-0.25, -0.2) is 9.97 Å². The number of hydrogen-bond acceptors (Lipinski definition) is 4. The molecule has 0 unspecified atom stereocenters. The van der Waals surface area contributed by atoms with Gasteiger partial charge in [0.05, 0.1) is 5.52 Å². The Kier molecular flexibility index (Phi) is 5.98. The van der Waals surface area contributed by atoms with E-state index in [-0.39, 0.29) is 12.4 Å². The fourth-order valence-corrected chi connectivity index (χ4v) is 3.80. The van der Waals surface area contributed by atoms with Crippen LogP contribution < -0.4 is 4.90 Å². The zero-order valence-electron chi connectivity index (χ0n) is 16.2. The van der Waals surface area contributed by atoms with Crippen LogP contribution in [0.5, 0.6) is 0 Å². The van der Waals surface area contributed by atoms with E-state index >= 15 is 0 Å². The highest BCUT2D eigenvalue weighted by Crippen LogP contribution is 2.30. The van der Waals surface area contributed by atoms with E-state index in [1.807, 2.05) is 0 Å². The largest absolute Gasteiger partial charge is 0.356 e. The Morgan fingerprint density at radius 3 is 2.48 bits per heavy atom. The van der Waals surface area contributed by atoms with Gasteiger partial charge in [0, 0.05) is 24.0 Å². The Labute approximate surface area is 167 Å². The van der Waals surface area contributed by atoms with Crippen molar-refractivity contribution in [1.29, 1.82) is 0 Å². The van der Waals surface area contributed by atoms with Gasteiger partial charge in [0.15, 0.2) is 5.82 Å². The Balaban J connectivity index is 0.00000210. The molecule has 142 valence electrons. The number of benzene rings is 2. The van der Waals surface area contributed by atoms with Crippen LogP contribution in [0.2, 0.25) is 0 Å². The molecule has 1 aliphatic heterocycles. The average Bonchev–Trinajstić information content (AvgIpc) is 2.67. The molecule has 1 aromatic heterocycles. The first kappa shape index (κ1) is 19.6. The summed E-state index contributed by atoms with van der Waals surface area (Å²) in [6.45, 7) is 4.39. The monoisotopic (exact) mass is 382 g/mol. The van der Waals surface area contributed by atoms with Crippen molar-refractivity contribution in [1.82, 2.24) is 14.9 Å². The molecular weight excluding hydrogens is 356 g/mol. The number of nitrogens with zero attached hydrogens (tertiary/aromatic N) is 4. The van der Waals surface area contributed by atoms with Gasteiger partial charge in [-0.05, 0) is 58.1 Å². The molecule has 27 heavy (non-hydrogen) atoms. The molecule has 0 radical (unpaired) electrons. The molecule has 0 aliphatic carbocycles. The molecule has 4 rings (SSSR count). The Hall–Kier alpha value is -2.17. The predicted octanol–water partition coefficient (Wildman–Crippen LogP) is 4.56. The van der Waals surface area contributed by atoms with Gasteiger partial charge < -0.3 is 9.80 Å². The molecule has 1 aliphatic rings. The highest BCUT2D eigenvalue weighted by Gasteiger charge is 2.23. The minimum absolute atomic E-state index is 0. The van der Waals surface area contributed by atoms with E-state index in [9.17, 15) is 0 Å². The van der Waals surface area contributed by atoms with Crippen molar-refractivity contribution in [2.45, 2.75) is 25.8 Å². The Morgan fingerprint density at radius 2 is 1.74 bits per heavy atom. The first-order chi connectivity index (χ1) is 12.6. The average molecular weight is 383 g/mol. The third-order valence-corrected chi connectivity index (χ3v) is 5.43. The van der Waals surface area contributed by atoms with E-state index in [0.717, 1.165) is 41.2 Å². The molecule has 2 heterocycles. The smallest absolute Gasteiger partial charge is 0.162 e. The number of aromatic nitrogens is 2. The van der Waals surface area contributed by atoms with E-state index < -0.39 is 0 Å². The third kappa shape index (κ3) is 4.07. The molecule has 5 heteroatoms. The first-order valence-electron chi connectivity index (χ1n) is 9.37. The second-order valence-corrected chi connectivity index (χ2v) is 7.40. The minimum atomic E-state index is 0. The topological polar surface area (TPSA) is 32.3 Å². The normalized spacial score (nSPS) is 15.5. The quantitative estimate of drug-likeness (QED) is 0.664. The van der Waals surface area contributed by atoms with E-state index in [1.165, 1.54) is 18.4 Å². The van der Waals surface area contributed by atoms with Gasteiger partial charge in [-0.15, -0.1) is 12.4 Å². The van der Waals surface area contributed by atoms with Gasteiger partial charge in [0.1, 0.15) is 5.82 Å². The van der Waals surface area contributed by atoms with Gasteiger partial charge in [-0.2, -0.15) is 0 Å². The van der Waals surface area contributed by atoms with E-state index in [1.54, 1.807) is 0 Å². The Morgan fingerprint density at radius 1 is 1.00 bits per heavy atom. The molecule has 1 saturated heterocycles. The number of halogens is 1. The van der Waals surface area contributed by atoms with Crippen LogP contribution >= 0.6 is 12.4 Å². The number of rotatable bonds is 3. The van der Waals surface area contributed by atoms with Crippen LogP contribution in [0.3, 0.4) is 0 Å². The Bertz CT molecular complexity index is 919. The van der Waals surface area contributed by atoms with Crippen molar-refractivity contribution in [2.24, 2.45) is 0 Å². The summed E-state index contributed by atoms with van der Waals surface area (Å²) in [4.78, 5) is 14.6. The van der Waals surface area contributed by atoms with Crippen LogP contribution in [-0.2, 0) is 0 Å². The van der Waals surface area contributed by atoms with Gasteiger partial charge in [0.25, 0.3) is 0 Å². The second-order valence-electron chi connectivity index (χ2n) is 7.40. The fraction of sp³-hybridized carbons (Fsp3) is 0.364. The summed E-state index contributed by atoms with van der Waals surface area (Å²) in [5.74, 6) is 1.85. The van der Waals surface area contributed by atoms with Gasteiger partial charge in [-0.3, -0.25) is 0 Å². The maximum atomic E-state index is 5.01. The summed E-state index contributed by atoms with van der Waals surface area (Å²) in [6.07, 6.45) is 2.34. The van der Waals surface area contributed by atoms with Gasteiger partial charge in [-0.1, -0.05) is 35.9 Å². The zero-order chi connectivity index (χ0) is 18.1. The van der Waals surface area contributed by atoms with Crippen molar-refractivity contribution in [3.05, 3.63) is 54.1 Å². The van der Waals surface area contributed by atoms with E-state index in [0.29, 0.717) is 6.04 Å². The number of piperidine rings is 1. The maximum absolute atomic E-state index is 5.01. The molecule has 4 nitrogen and oxygen atoms in total. The first-order valence-corrected chi connectivity index (χ1v) is 9.37. The molecule has 0 spiro atoms. The number of hydrogen-bond donors (Lipinski definition) is 0. The van der Waals surface area contributed by atoms with Crippen LogP contribution in [-0.4, -0.2) is 48.1 Å². The number of anilines is 1. The molecule has 3 aromatic rings. The maximum Gasteiger partial charge on any atom is 0.162 e. The molecule has 0 atom stereocenters. The lowest BCUT2D eigenvalue weighted by Gasteiger charge is -2.36. The summed E-state index contributed by atoms with van der Waals surface area (Å²) >= 11 is 0. The third-order valence-electron chi connectivity index (χ3n) is 5.43. The molecule has 0 bridgehead atoms. The summed E-state index contributed by atoms with van der Waals surface area (Å²) in [7, 11) is 4.39. The summed E-state index contributed by atoms with van der Waals surface area (Å²) in [5, 5.41) is 1.13. The molecule has 0 amide bonds. The lowest BCUT2D eigenvalue weighted by molar-refractivity contribution is 0.252. The highest BCUT2D eigenvalue weighted by atomic mass is 35.5. The van der Waals surface area contributed by atoms with E-state index in [4.69, 9.17) is 9.97 Å². The zero-order valence-corrected chi connectivity index (χ0v) is 17.0. The molecule has 1 fully saturated rings. The lowest BCUT2D eigenvalue weighted by atomic mass is 10.0. The van der Waals surface area contributed by atoms with Crippen molar-refractivity contribution < 1.29 is 0 Å². The fourth-order valence-electron chi connectivity index (χ4n) is 3.80. The van der Waals surface area contributed by atoms with Crippen LogP contribution in [0.1, 0.15) is 18.4 Å². The highest BCUT2D eigenvalue weighted by molar-refractivity contribution is 5.91. The number of aryl methyl sites for hydroxylation is 1. The number of fused-ring (bicyclic) bond motifs is 1. The van der Waals surface area contributed by atoms with Crippen LogP contribution in [0.4, 0.5) is 5.82 Å². The predicted molar refractivity (Wildman–Crippen MR) is 116 cm³/mol. The molecule has 0 N–H and O–H groups in total. The number of para-hydroxylation sites is 1. The van der Waals surface area contributed by atoms with Crippen molar-refractivity contribution >= 4 is 29.1 Å². The van der Waals surface area contributed by atoms with Gasteiger partial charge in [0.2, 0.25) is 0 Å². The van der Waals surface area contributed by atoms with Crippen molar-refractivity contribution in [3.8, 4) is 11.4 Å². The van der Waals surface area contributed by atoms with Crippen LogP contribution in [0, 0.1) is 6.92 Å². The summed E-state index contributed by atoms with van der Waals surface area (Å²) < 4.78 is 0. The van der Waals surface area contributed by atoms with Gasteiger partial charge >= 0.3 is 0 Å². The molecule has 0 saturated carbocycles. The summed E-state index contributed by atoms with van der Waals surface area (Å²) in [5.41, 5.74) is 3.31.